The fourth-order valence-corrected chi connectivity index (χ4v) is 14.0. The highest BCUT2D eigenvalue weighted by Gasteiger charge is 2.43. The molecule has 4 aromatic rings. The molecule has 40 heavy (non-hydrogen) atoms. The van der Waals surface area contributed by atoms with E-state index in [1.165, 1.54) is 9.40 Å². The molecule has 0 N–H and O–H groups in total. The molecule has 0 radical (unpaired) electrons. The van der Waals surface area contributed by atoms with Crippen LogP contribution >= 0.6 is 44.3 Å². The van der Waals surface area contributed by atoms with Crippen molar-refractivity contribution in [1.82, 2.24) is 9.97 Å². The van der Waals surface area contributed by atoms with Crippen LogP contribution in [0.5, 0.6) is 0 Å². The van der Waals surface area contributed by atoms with E-state index in [0.29, 0.717) is 12.1 Å². The fourth-order valence-electron chi connectivity index (χ4n) is 4.43. The molecule has 0 aliphatic heterocycles. The molecule has 2 aromatic heterocycles. The van der Waals surface area contributed by atoms with E-state index in [9.17, 15) is 0 Å². The fraction of sp³-hybridized carbons (Fsp3) is 0.462. The third-order valence-corrected chi connectivity index (χ3v) is 17.5. The second kappa shape index (κ2) is 15.0. The first-order valence-electron chi connectivity index (χ1n) is 12.7. The Balaban J connectivity index is 1.52. The van der Waals surface area contributed by atoms with Crippen molar-refractivity contribution in [1.29, 1.82) is 0 Å². The number of fused-ring (bicyclic) bond motifs is 2. The molecule has 4 rings (SSSR count). The second-order valence-corrected chi connectivity index (χ2v) is 19.7. The first kappa shape index (κ1) is 32.0. The van der Waals surface area contributed by atoms with Crippen molar-refractivity contribution in [3.05, 3.63) is 58.5 Å². The summed E-state index contributed by atoms with van der Waals surface area (Å²) >= 11 is 3.45. The first-order valence-corrected chi connectivity index (χ1v) is 20.7. The average Bonchev–Trinajstić information content (AvgIpc) is 3.64. The lowest BCUT2D eigenvalue weighted by atomic mass is 10.2. The van der Waals surface area contributed by atoms with E-state index in [2.05, 4.69) is 24.3 Å². The maximum Gasteiger partial charge on any atom is 0.500 e. The molecular formula is C26H36N2O6S4Si2. The number of nitrogens with zero attached hydrogens (tertiary/aromatic N) is 2. The number of rotatable bonds is 17. The first-order chi connectivity index (χ1) is 19.4. The van der Waals surface area contributed by atoms with Crippen LogP contribution < -0.4 is 0 Å². The minimum Gasteiger partial charge on any atom is -0.377 e. The number of para-hydroxylation sites is 2. The van der Waals surface area contributed by atoms with Gasteiger partial charge in [-0.3, -0.25) is 0 Å². The number of hydrogen-bond donors (Lipinski definition) is 0. The molecule has 8 nitrogen and oxygen atoms in total. The molecule has 0 saturated carbocycles. The molecule has 0 spiro atoms. The van der Waals surface area contributed by atoms with E-state index >= 15 is 0 Å². The number of aromatic nitrogens is 2. The molecule has 2 aromatic carbocycles. The van der Waals surface area contributed by atoms with Crippen LogP contribution in [0.25, 0.3) is 20.4 Å². The Morgan fingerprint density at radius 1 is 0.600 bits per heavy atom. The van der Waals surface area contributed by atoms with Crippen LogP contribution in [0, 0.1) is 0 Å². The Morgan fingerprint density at radius 2 is 0.950 bits per heavy atom. The van der Waals surface area contributed by atoms with Gasteiger partial charge in [0.2, 0.25) is 0 Å². The van der Waals surface area contributed by atoms with Crippen LogP contribution in [-0.2, 0) is 26.6 Å². The molecule has 0 aliphatic carbocycles. The van der Waals surface area contributed by atoms with Crippen LogP contribution in [0.4, 0.5) is 0 Å². The van der Waals surface area contributed by atoms with Crippen molar-refractivity contribution in [3.63, 3.8) is 0 Å². The Morgan fingerprint density at radius 3 is 1.27 bits per heavy atom. The van der Waals surface area contributed by atoms with Gasteiger partial charge in [0.05, 0.1) is 30.4 Å². The van der Waals surface area contributed by atoms with Gasteiger partial charge in [0, 0.05) is 78.1 Å². The summed E-state index contributed by atoms with van der Waals surface area (Å²) in [5, 5.41) is 2.15. The maximum atomic E-state index is 5.80. The summed E-state index contributed by atoms with van der Waals surface area (Å²) in [4.78, 5) is 9.93. The zero-order valence-corrected chi connectivity index (χ0v) is 28.8. The highest BCUT2D eigenvalue weighted by atomic mass is 33.1. The normalized spacial score (nSPS) is 14.2. The van der Waals surface area contributed by atoms with Crippen LogP contribution in [0.3, 0.4) is 0 Å². The number of thiazole rings is 2. The van der Waals surface area contributed by atoms with E-state index in [1.807, 2.05) is 45.9 Å². The summed E-state index contributed by atoms with van der Waals surface area (Å²) in [6.07, 6.45) is 0. The van der Waals surface area contributed by atoms with E-state index in [-0.39, 0.29) is 11.8 Å². The molecule has 0 bridgehead atoms. The summed E-state index contributed by atoms with van der Waals surface area (Å²) in [7, 11) is 7.99. The van der Waals surface area contributed by atoms with Crippen LogP contribution in [0.2, 0.25) is 12.1 Å². The molecule has 2 unspecified atom stereocenters. The highest BCUT2D eigenvalue weighted by Crippen LogP contribution is 2.42. The van der Waals surface area contributed by atoms with E-state index in [0.717, 1.165) is 32.6 Å². The highest BCUT2D eigenvalue weighted by molar-refractivity contribution is 8.76. The molecule has 0 fully saturated rings. The van der Waals surface area contributed by atoms with Crippen molar-refractivity contribution in [3.8, 4) is 0 Å². The van der Waals surface area contributed by atoms with Gasteiger partial charge in [0.1, 0.15) is 0 Å². The lowest BCUT2D eigenvalue weighted by Crippen LogP contribution is -2.44. The van der Waals surface area contributed by atoms with Crippen molar-refractivity contribution in [2.75, 3.05) is 54.2 Å². The van der Waals surface area contributed by atoms with Gasteiger partial charge in [-0.2, -0.15) is 0 Å². The van der Waals surface area contributed by atoms with Crippen molar-refractivity contribution in [2.45, 2.75) is 23.9 Å². The number of benzene rings is 2. The van der Waals surface area contributed by atoms with Crippen LogP contribution in [0.15, 0.2) is 48.5 Å². The van der Waals surface area contributed by atoms with E-state index < -0.39 is 17.6 Å². The number of hydrogen-bond acceptors (Lipinski definition) is 12. The topological polar surface area (TPSA) is 81.2 Å². The standard InChI is InChI=1S/C26H36N2O6S4Si2/c1-29-39(30-2,31-3)17-19(25-27-21-11-7-9-13-23(21)37-25)15-35-36-16-20(18-40(32-4,33-5)34-6)26-28-22-12-8-10-14-24(22)38-26/h7-14,19-20H,15-18H2,1-6H3. The van der Waals surface area contributed by atoms with Crippen molar-refractivity contribution >= 4 is 82.3 Å². The molecular weight excluding hydrogens is 621 g/mol. The van der Waals surface area contributed by atoms with Crippen LogP contribution in [-0.4, -0.2) is 81.7 Å². The Hall–Kier alpha value is -0.886. The molecule has 218 valence electrons. The predicted molar refractivity (Wildman–Crippen MR) is 173 cm³/mol. The lowest BCUT2D eigenvalue weighted by Gasteiger charge is -2.28. The summed E-state index contributed by atoms with van der Waals surface area (Å²) in [6, 6.07) is 17.8. The summed E-state index contributed by atoms with van der Waals surface area (Å²) in [5.41, 5.74) is 2.03. The van der Waals surface area contributed by atoms with Gasteiger partial charge in [0.15, 0.2) is 0 Å². The zero-order chi connectivity index (χ0) is 28.6. The third-order valence-electron chi connectivity index (χ3n) is 6.80. The predicted octanol–water partition coefficient (Wildman–Crippen LogP) is 6.91. The molecule has 0 amide bonds. The van der Waals surface area contributed by atoms with Gasteiger partial charge in [-0.15, -0.1) is 22.7 Å². The average molecular weight is 657 g/mol. The largest absolute Gasteiger partial charge is 0.500 e. The lowest BCUT2D eigenvalue weighted by molar-refractivity contribution is 0.121. The van der Waals surface area contributed by atoms with Crippen LogP contribution in [0.1, 0.15) is 21.9 Å². The summed E-state index contributed by atoms with van der Waals surface area (Å²) < 4.78 is 37.1. The molecule has 0 aliphatic rings. The third kappa shape index (κ3) is 7.54. The molecule has 2 atom stereocenters. The second-order valence-electron chi connectivity index (χ2n) is 9.00. The maximum absolute atomic E-state index is 5.80. The van der Waals surface area contributed by atoms with Crippen molar-refractivity contribution in [2.24, 2.45) is 0 Å². The van der Waals surface area contributed by atoms with Gasteiger partial charge in [-0.25, -0.2) is 9.97 Å². The van der Waals surface area contributed by atoms with E-state index in [1.54, 1.807) is 65.3 Å². The molecule has 14 heteroatoms. The monoisotopic (exact) mass is 656 g/mol. The van der Waals surface area contributed by atoms with Gasteiger partial charge < -0.3 is 26.6 Å². The Labute approximate surface area is 254 Å². The SMILES string of the molecule is CO[Si](CC(CSSCC(C[Si](OC)(OC)OC)c1nc2ccccc2s1)c1nc2ccccc2s1)(OC)OC. The van der Waals surface area contributed by atoms with Gasteiger partial charge in [-0.05, 0) is 24.3 Å². The smallest absolute Gasteiger partial charge is 0.377 e. The van der Waals surface area contributed by atoms with E-state index in [4.69, 9.17) is 36.5 Å². The quantitative estimate of drug-likeness (QED) is 0.0679. The minimum atomic E-state index is -2.82. The molecule has 0 saturated heterocycles. The van der Waals surface area contributed by atoms with Gasteiger partial charge in [-0.1, -0.05) is 45.9 Å². The minimum absolute atomic E-state index is 0.118. The van der Waals surface area contributed by atoms with Gasteiger partial charge in [0.25, 0.3) is 0 Å². The summed E-state index contributed by atoms with van der Waals surface area (Å²) in [6.45, 7) is 0. The Bertz CT molecular complexity index is 1170. The summed E-state index contributed by atoms with van der Waals surface area (Å²) in [5.74, 6) is 1.91. The van der Waals surface area contributed by atoms with Crippen molar-refractivity contribution < 1.29 is 26.6 Å². The van der Waals surface area contributed by atoms with Gasteiger partial charge >= 0.3 is 17.6 Å². The Kier molecular flexibility index (Phi) is 12.0. The zero-order valence-electron chi connectivity index (χ0n) is 23.6. The molecule has 2 heterocycles.